The summed E-state index contributed by atoms with van der Waals surface area (Å²) in [7, 11) is 1.98. The van der Waals surface area contributed by atoms with Gasteiger partial charge in [0, 0.05) is 23.8 Å². The monoisotopic (exact) mass is 342 g/mol. The zero-order valence-electron chi connectivity index (χ0n) is 13.0. The molecule has 1 aliphatic rings. The predicted octanol–water partition coefficient (Wildman–Crippen LogP) is 3.17. The Hall–Kier alpha value is -2.73. The van der Waals surface area contributed by atoms with Gasteiger partial charge in [0.1, 0.15) is 11.6 Å². The van der Waals surface area contributed by atoms with Crippen LogP contribution in [-0.4, -0.2) is 22.1 Å². The van der Waals surface area contributed by atoms with Crippen LogP contribution in [0.4, 0.5) is 11.4 Å². The van der Waals surface area contributed by atoms with Crippen LogP contribution in [-0.2, 0) is 18.4 Å². The second kappa shape index (κ2) is 5.72. The van der Waals surface area contributed by atoms with Crippen molar-refractivity contribution in [1.29, 1.82) is 0 Å². The van der Waals surface area contributed by atoms with Crippen molar-refractivity contribution in [2.24, 2.45) is 7.05 Å². The van der Waals surface area contributed by atoms with Crippen LogP contribution in [0, 0.1) is 0 Å². The van der Waals surface area contributed by atoms with Gasteiger partial charge in [-0.2, -0.15) is 0 Å². The second-order valence-electron chi connectivity index (χ2n) is 5.62. The van der Waals surface area contributed by atoms with Gasteiger partial charge in [0.05, 0.1) is 23.3 Å². The highest BCUT2D eigenvalue weighted by atomic mass is 35.5. The lowest BCUT2D eigenvalue weighted by atomic mass is 10.2. The molecule has 2 heterocycles. The summed E-state index contributed by atoms with van der Waals surface area (Å²) in [5.41, 5.74) is 3.50. The Morgan fingerprint density at radius 3 is 3.08 bits per heavy atom. The Labute approximate surface area is 143 Å². The van der Waals surface area contributed by atoms with Gasteiger partial charge in [0.15, 0.2) is 6.61 Å². The average molecular weight is 343 g/mol. The Morgan fingerprint density at radius 2 is 2.21 bits per heavy atom. The summed E-state index contributed by atoms with van der Waals surface area (Å²) in [4.78, 5) is 15.9. The molecule has 0 fully saturated rings. The zero-order chi connectivity index (χ0) is 16.7. The minimum Gasteiger partial charge on any atom is -0.482 e. The number of benzene rings is 2. The molecule has 6 nitrogen and oxygen atoms in total. The van der Waals surface area contributed by atoms with E-state index in [2.05, 4.69) is 15.6 Å². The van der Waals surface area contributed by atoms with E-state index in [0.717, 1.165) is 22.5 Å². The molecule has 0 unspecified atom stereocenters. The van der Waals surface area contributed by atoms with Crippen molar-refractivity contribution in [3.05, 3.63) is 47.2 Å². The van der Waals surface area contributed by atoms with Gasteiger partial charge < -0.3 is 19.9 Å². The molecule has 0 radical (unpaired) electrons. The molecule has 24 heavy (non-hydrogen) atoms. The van der Waals surface area contributed by atoms with Crippen molar-refractivity contribution in [3.8, 4) is 5.75 Å². The van der Waals surface area contributed by atoms with Crippen molar-refractivity contribution < 1.29 is 9.53 Å². The number of amides is 1. The number of hydrogen-bond donors (Lipinski definition) is 2. The fourth-order valence-electron chi connectivity index (χ4n) is 2.75. The van der Waals surface area contributed by atoms with Crippen LogP contribution in [0.15, 0.2) is 36.4 Å². The zero-order valence-corrected chi connectivity index (χ0v) is 13.7. The van der Waals surface area contributed by atoms with E-state index >= 15 is 0 Å². The van der Waals surface area contributed by atoms with Crippen LogP contribution in [0.3, 0.4) is 0 Å². The molecule has 2 aromatic carbocycles. The van der Waals surface area contributed by atoms with Crippen LogP contribution in [0.5, 0.6) is 5.75 Å². The first-order chi connectivity index (χ1) is 11.6. The summed E-state index contributed by atoms with van der Waals surface area (Å²) in [5, 5.41) is 6.78. The van der Waals surface area contributed by atoms with E-state index in [4.69, 9.17) is 16.3 Å². The Balaban J connectivity index is 1.55. The number of ether oxygens (including phenoxy) is 1. The fraction of sp³-hybridized carbons (Fsp3) is 0.176. The van der Waals surface area contributed by atoms with Crippen LogP contribution in [0.1, 0.15) is 5.82 Å². The first-order valence-corrected chi connectivity index (χ1v) is 7.89. The summed E-state index contributed by atoms with van der Waals surface area (Å²) < 4.78 is 7.46. The first-order valence-electron chi connectivity index (χ1n) is 7.51. The maximum Gasteiger partial charge on any atom is 0.262 e. The van der Waals surface area contributed by atoms with Gasteiger partial charge in [-0.15, -0.1) is 0 Å². The van der Waals surface area contributed by atoms with Crippen molar-refractivity contribution in [3.63, 3.8) is 0 Å². The lowest BCUT2D eigenvalue weighted by molar-refractivity contribution is -0.118. The van der Waals surface area contributed by atoms with Gasteiger partial charge in [-0.3, -0.25) is 4.79 Å². The lowest BCUT2D eigenvalue weighted by Crippen LogP contribution is -2.25. The molecule has 0 saturated heterocycles. The van der Waals surface area contributed by atoms with Crippen molar-refractivity contribution in [2.75, 3.05) is 17.2 Å². The van der Waals surface area contributed by atoms with Crippen molar-refractivity contribution in [2.45, 2.75) is 6.54 Å². The molecule has 1 amide bonds. The molecular weight excluding hydrogens is 328 g/mol. The largest absolute Gasteiger partial charge is 0.482 e. The number of aromatic nitrogens is 2. The minimum atomic E-state index is -0.137. The fourth-order valence-corrected chi connectivity index (χ4v) is 2.91. The number of halogens is 1. The van der Waals surface area contributed by atoms with Gasteiger partial charge in [-0.05, 0) is 30.3 Å². The molecule has 0 saturated carbocycles. The quantitative estimate of drug-likeness (QED) is 0.767. The molecular formula is C17H15ClN4O2. The Morgan fingerprint density at radius 1 is 1.33 bits per heavy atom. The van der Waals surface area contributed by atoms with Gasteiger partial charge in [-0.1, -0.05) is 11.6 Å². The van der Waals surface area contributed by atoms with Gasteiger partial charge >= 0.3 is 0 Å². The van der Waals surface area contributed by atoms with E-state index in [1.807, 2.05) is 48.0 Å². The number of anilines is 2. The van der Waals surface area contributed by atoms with Crippen molar-refractivity contribution in [1.82, 2.24) is 9.55 Å². The summed E-state index contributed by atoms with van der Waals surface area (Å²) in [6.07, 6.45) is 0. The normalized spacial score (nSPS) is 13.3. The highest BCUT2D eigenvalue weighted by Crippen LogP contribution is 2.30. The molecule has 1 aliphatic heterocycles. The van der Waals surface area contributed by atoms with Crippen molar-refractivity contribution >= 4 is 39.9 Å². The highest BCUT2D eigenvalue weighted by Gasteiger charge is 2.16. The van der Waals surface area contributed by atoms with E-state index in [0.29, 0.717) is 23.0 Å². The molecule has 0 bridgehead atoms. The summed E-state index contributed by atoms with van der Waals surface area (Å²) in [6, 6.07) is 11.3. The van der Waals surface area contributed by atoms with Crippen LogP contribution >= 0.6 is 11.6 Å². The SMILES string of the molecule is Cn1c(CNc2ccc3c(c2)OCC(=O)N3)nc2cc(Cl)ccc21. The first kappa shape index (κ1) is 14.8. The van der Waals surface area contributed by atoms with E-state index in [-0.39, 0.29) is 12.5 Å². The summed E-state index contributed by atoms with van der Waals surface area (Å²) in [6.45, 7) is 0.607. The van der Waals surface area contributed by atoms with E-state index < -0.39 is 0 Å². The number of imidazole rings is 1. The van der Waals surface area contributed by atoms with Gasteiger partial charge in [-0.25, -0.2) is 4.98 Å². The molecule has 4 rings (SSSR count). The summed E-state index contributed by atoms with van der Waals surface area (Å²) in [5.74, 6) is 1.43. The highest BCUT2D eigenvalue weighted by molar-refractivity contribution is 6.31. The topological polar surface area (TPSA) is 68.2 Å². The van der Waals surface area contributed by atoms with Gasteiger partial charge in [0.2, 0.25) is 0 Å². The number of rotatable bonds is 3. The maximum atomic E-state index is 11.3. The van der Waals surface area contributed by atoms with E-state index in [1.165, 1.54) is 0 Å². The number of fused-ring (bicyclic) bond motifs is 2. The van der Waals surface area contributed by atoms with E-state index in [9.17, 15) is 4.79 Å². The average Bonchev–Trinajstić information content (AvgIpc) is 2.88. The Bertz CT molecular complexity index is 951. The van der Waals surface area contributed by atoms with Crippen LogP contribution in [0.2, 0.25) is 5.02 Å². The molecule has 0 aliphatic carbocycles. The molecule has 2 N–H and O–H groups in total. The minimum absolute atomic E-state index is 0.0436. The number of nitrogens with one attached hydrogen (secondary N) is 2. The molecule has 0 spiro atoms. The van der Waals surface area contributed by atoms with Gasteiger partial charge in [0.25, 0.3) is 5.91 Å². The predicted molar refractivity (Wildman–Crippen MR) is 93.6 cm³/mol. The molecule has 3 aromatic rings. The number of carbonyl (C=O) groups excluding carboxylic acids is 1. The number of hydrogen-bond acceptors (Lipinski definition) is 4. The van der Waals surface area contributed by atoms with E-state index in [1.54, 1.807) is 0 Å². The number of aryl methyl sites for hydroxylation is 1. The molecule has 1 aromatic heterocycles. The van der Waals surface area contributed by atoms with Crippen LogP contribution < -0.4 is 15.4 Å². The third-order valence-corrected chi connectivity index (χ3v) is 4.24. The number of carbonyl (C=O) groups is 1. The molecule has 7 heteroatoms. The second-order valence-corrected chi connectivity index (χ2v) is 6.06. The number of nitrogens with zero attached hydrogens (tertiary/aromatic N) is 2. The molecule has 122 valence electrons. The maximum absolute atomic E-state index is 11.3. The smallest absolute Gasteiger partial charge is 0.262 e. The Kier molecular flexibility index (Phi) is 3.54. The van der Waals surface area contributed by atoms with Crippen LogP contribution in [0.25, 0.3) is 11.0 Å². The summed E-state index contributed by atoms with van der Waals surface area (Å²) >= 11 is 6.02. The molecule has 0 atom stereocenters. The third kappa shape index (κ3) is 2.65. The lowest BCUT2D eigenvalue weighted by Gasteiger charge is -2.18. The standard InChI is InChI=1S/C17H15ClN4O2/c1-22-14-5-2-10(18)6-13(14)20-16(22)8-19-11-3-4-12-15(7-11)24-9-17(23)21-12/h2-7,19H,8-9H2,1H3,(H,21,23). The third-order valence-electron chi connectivity index (χ3n) is 4.00.